The zero-order valence-electron chi connectivity index (χ0n) is 12.9. The Morgan fingerprint density at radius 3 is 2.59 bits per heavy atom. The van der Waals surface area contributed by atoms with Gasteiger partial charge in [0.25, 0.3) is 0 Å². The number of carbonyl (C=O) groups excluding carboxylic acids is 1. The molecule has 2 unspecified atom stereocenters. The van der Waals surface area contributed by atoms with E-state index in [0.717, 1.165) is 11.3 Å². The van der Waals surface area contributed by atoms with Gasteiger partial charge in [-0.05, 0) is 36.0 Å². The molecule has 0 radical (unpaired) electrons. The normalized spacial score (nSPS) is 25.0. The van der Waals surface area contributed by atoms with E-state index in [9.17, 15) is 15.0 Å². The van der Waals surface area contributed by atoms with E-state index in [2.05, 4.69) is 0 Å². The quantitative estimate of drug-likeness (QED) is 0.811. The van der Waals surface area contributed by atoms with Crippen molar-refractivity contribution in [2.45, 2.75) is 12.8 Å². The molecule has 5 nitrogen and oxygen atoms in total. The zero-order chi connectivity index (χ0) is 15.7. The molecular formula is C17H23NO4. The molecule has 22 heavy (non-hydrogen) atoms. The summed E-state index contributed by atoms with van der Waals surface area (Å²) in [4.78, 5) is 14.2. The second kappa shape index (κ2) is 5.89. The number of rotatable bonds is 6. The Hall–Kier alpha value is -1.59. The van der Waals surface area contributed by atoms with Gasteiger partial charge in [0.15, 0.2) is 0 Å². The molecule has 1 aromatic carbocycles. The highest BCUT2D eigenvalue weighted by Gasteiger charge is 2.67. The van der Waals surface area contributed by atoms with E-state index >= 15 is 0 Å². The van der Waals surface area contributed by atoms with Crippen LogP contribution in [0, 0.1) is 17.3 Å². The van der Waals surface area contributed by atoms with Gasteiger partial charge in [-0.2, -0.15) is 0 Å². The Morgan fingerprint density at radius 1 is 1.32 bits per heavy atom. The lowest BCUT2D eigenvalue weighted by Gasteiger charge is -2.24. The van der Waals surface area contributed by atoms with Gasteiger partial charge in [-0.1, -0.05) is 12.1 Å². The van der Waals surface area contributed by atoms with Gasteiger partial charge in [0.05, 0.1) is 20.3 Å². The molecule has 1 heterocycles. The van der Waals surface area contributed by atoms with E-state index in [0.29, 0.717) is 25.9 Å². The highest BCUT2D eigenvalue weighted by molar-refractivity contribution is 5.77. The van der Waals surface area contributed by atoms with Crippen LogP contribution in [0.1, 0.15) is 12.0 Å². The van der Waals surface area contributed by atoms with E-state index in [1.54, 1.807) is 7.11 Å². The SMILES string of the molecule is COc1cccc(CCC(=O)N2CC3C(C2)C3(CO)CO)c1. The second-order valence-corrected chi connectivity index (χ2v) is 6.41. The molecule has 0 bridgehead atoms. The van der Waals surface area contributed by atoms with Crippen molar-refractivity contribution >= 4 is 5.91 Å². The lowest BCUT2D eigenvalue weighted by molar-refractivity contribution is -0.131. The molecule has 2 aliphatic rings. The van der Waals surface area contributed by atoms with E-state index < -0.39 is 0 Å². The molecule has 0 aromatic heterocycles. The van der Waals surface area contributed by atoms with Crippen LogP contribution in [0.3, 0.4) is 0 Å². The van der Waals surface area contributed by atoms with Crippen LogP contribution in [0.2, 0.25) is 0 Å². The lowest BCUT2D eigenvalue weighted by Crippen LogP contribution is -2.36. The Balaban J connectivity index is 1.50. The minimum Gasteiger partial charge on any atom is -0.497 e. The van der Waals surface area contributed by atoms with Crippen LogP contribution in [0.25, 0.3) is 0 Å². The molecule has 2 fully saturated rings. The standard InChI is InChI=1S/C17H23NO4/c1-22-13-4-2-3-12(7-13)5-6-16(21)18-8-14-15(9-18)17(14,10-19)11-20/h2-4,7,14-15,19-20H,5-6,8-11H2,1H3. The number of carbonyl (C=O) groups is 1. The number of piperidine rings is 1. The molecule has 2 atom stereocenters. The highest BCUT2D eigenvalue weighted by atomic mass is 16.5. The lowest BCUT2D eigenvalue weighted by atomic mass is 10.0. The summed E-state index contributed by atoms with van der Waals surface area (Å²) in [5.74, 6) is 1.49. The van der Waals surface area contributed by atoms with Gasteiger partial charge in [0, 0.05) is 24.9 Å². The molecular weight excluding hydrogens is 282 g/mol. The van der Waals surface area contributed by atoms with Crippen molar-refractivity contribution in [2.24, 2.45) is 17.3 Å². The number of likely N-dealkylation sites (tertiary alicyclic amines) is 1. The number of hydrogen-bond donors (Lipinski definition) is 2. The molecule has 1 saturated carbocycles. The zero-order valence-corrected chi connectivity index (χ0v) is 12.9. The van der Waals surface area contributed by atoms with Gasteiger partial charge in [0.2, 0.25) is 5.91 Å². The number of hydrogen-bond acceptors (Lipinski definition) is 4. The molecule has 0 spiro atoms. The van der Waals surface area contributed by atoms with Gasteiger partial charge < -0.3 is 19.8 Å². The van der Waals surface area contributed by atoms with Gasteiger partial charge in [-0.25, -0.2) is 0 Å². The largest absolute Gasteiger partial charge is 0.497 e. The predicted octanol–water partition coefficient (Wildman–Crippen LogP) is 0.687. The van der Waals surface area contributed by atoms with Crippen LogP contribution in [0.15, 0.2) is 24.3 Å². The van der Waals surface area contributed by atoms with Crippen LogP contribution in [-0.4, -0.2) is 54.4 Å². The van der Waals surface area contributed by atoms with Gasteiger partial charge in [0.1, 0.15) is 5.75 Å². The fourth-order valence-corrected chi connectivity index (χ4v) is 3.80. The Morgan fingerprint density at radius 2 is 2.00 bits per heavy atom. The third-order valence-electron chi connectivity index (χ3n) is 5.39. The molecule has 1 aliphatic carbocycles. The van der Waals surface area contributed by atoms with E-state index in [1.807, 2.05) is 29.2 Å². The maximum absolute atomic E-state index is 12.3. The van der Waals surface area contributed by atoms with Crippen LogP contribution in [0.4, 0.5) is 0 Å². The van der Waals surface area contributed by atoms with Crippen molar-refractivity contribution in [1.29, 1.82) is 0 Å². The number of fused-ring (bicyclic) bond motifs is 1. The van der Waals surface area contributed by atoms with Crippen LogP contribution in [0.5, 0.6) is 5.75 Å². The smallest absolute Gasteiger partial charge is 0.222 e. The number of aliphatic hydroxyl groups is 2. The van der Waals surface area contributed by atoms with Crippen LogP contribution >= 0.6 is 0 Å². The summed E-state index contributed by atoms with van der Waals surface area (Å²) in [5, 5.41) is 18.8. The maximum Gasteiger partial charge on any atom is 0.222 e. The topological polar surface area (TPSA) is 70.0 Å². The summed E-state index contributed by atoms with van der Waals surface area (Å²) in [6.07, 6.45) is 1.19. The first-order valence-corrected chi connectivity index (χ1v) is 7.77. The minimum absolute atomic E-state index is 0.0185. The molecule has 1 aliphatic heterocycles. The average Bonchev–Trinajstić information content (AvgIpc) is 2.92. The monoisotopic (exact) mass is 305 g/mol. The first-order valence-electron chi connectivity index (χ1n) is 7.77. The van der Waals surface area contributed by atoms with Crippen LogP contribution < -0.4 is 4.74 Å². The first kappa shape index (κ1) is 15.3. The minimum atomic E-state index is -0.330. The summed E-state index contributed by atoms with van der Waals surface area (Å²) < 4.78 is 5.19. The third kappa shape index (κ3) is 2.48. The molecule has 120 valence electrons. The Labute approximate surface area is 130 Å². The number of amides is 1. The summed E-state index contributed by atoms with van der Waals surface area (Å²) in [5.41, 5.74) is 0.765. The molecule has 1 amide bonds. The summed E-state index contributed by atoms with van der Waals surface area (Å²) in [6, 6.07) is 7.78. The second-order valence-electron chi connectivity index (χ2n) is 6.41. The Kier molecular flexibility index (Phi) is 4.10. The first-order chi connectivity index (χ1) is 10.6. The van der Waals surface area contributed by atoms with Crippen molar-refractivity contribution < 1.29 is 19.7 Å². The van der Waals surface area contributed by atoms with Crippen molar-refractivity contribution in [1.82, 2.24) is 4.90 Å². The van der Waals surface area contributed by atoms with Gasteiger partial charge >= 0.3 is 0 Å². The van der Waals surface area contributed by atoms with Gasteiger partial charge in [-0.15, -0.1) is 0 Å². The van der Waals surface area contributed by atoms with E-state index in [-0.39, 0.29) is 36.4 Å². The maximum atomic E-state index is 12.3. The van der Waals surface area contributed by atoms with Gasteiger partial charge in [-0.3, -0.25) is 4.79 Å². The number of ether oxygens (including phenoxy) is 1. The average molecular weight is 305 g/mol. The van der Waals surface area contributed by atoms with Crippen molar-refractivity contribution in [3.63, 3.8) is 0 Å². The third-order valence-corrected chi connectivity index (χ3v) is 5.39. The molecule has 3 rings (SSSR count). The molecule has 1 saturated heterocycles. The van der Waals surface area contributed by atoms with E-state index in [1.165, 1.54) is 0 Å². The van der Waals surface area contributed by atoms with Crippen molar-refractivity contribution in [3.05, 3.63) is 29.8 Å². The molecule has 2 N–H and O–H groups in total. The molecule has 1 aromatic rings. The highest BCUT2D eigenvalue weighted by Crippen LogP contribution is 2.62. The summed E-state index contributed by atoms with van der Waals surface area (Å²) >= 11 is 0. The van der Waals surface area contributed by atoms with Crippen molar-refractivity contribution in [3.8, 4) is 5.75 Å². The number of aryl methyl sites for hydroxylation is 1. The summed E-state index contributed by atoms with van der Waals surface area (Å²) in [6.45, 7) is 1.38. The predicted molar refractivity (Wildman–Crippen MR) is 81.5 cm³/mol. The fourth-order valence-electron chi connectivity index (χ4n) is 3.80. The summed E-state index contributed by atoms with van der Waals surface area (Å²) in [7, 11) is 1.63. The van der Waals surface area contributed by atoms with E-state index in [4.69, 9.17) is 4.74 Å². The number of nitrogens with zero attached hydrogens (tertiary/aromatic N) is 1. The Bertz CT molecular complexity index is 541. The van der Waals surface area contributed by atoms with Crippen molar-refractivity contribution in [2.75, 3.05) is 33.4 Å². The number of aliphatic hydroxyl groups excluding tert-OH is 2. The van der Waals surface area contributed by atoms with Crippen LogP contribution in [-0.2, 0) is 11.2 Å². The molecule has 5 heteroatoms. The number of benzene rings is 1. The fraction of sp³-hybridized carbons (Fsp3) is 0.588. The number of methoxy groups -OCH3 is 1.